The number of hydrogen-bond acceptors (Lipinski definition) is 4. The van der Waals surface area contributed by atoms with Crippen LogP contribution < -0.4 is 4.90 Å². The van der Waals surface area contributed by atoms with E-state index in [0.29, 0.717) is 0 Å². The number of nitrogens with zero attached hydrogens (tertiary/aromatic N) is 2. The van der Waals surface area contributed by atoms with Gasteiger partial charge in [0.1, 0.15) is 10.4 Å². The van der Waals surface area contributed by atoms with Gasteiger partial charge in [-0.15, -0.1) is 11.3 Å². The fourth-order valence-corrected chi connectivity index (χ4v) is 2.34. The predicted octanol–water partition coefficient (Wildman–Crippen LogP) is 3.14. The van der Waals surface area contributed by atoms with E-state index in [1.165, 1.54) is 0 Å². The lowest BCUT2D eigenvalue weighted by Gasteiger charge is -2.13. The average Bonchev–Trinajstić information content (AvgIpc) is 2.75. The van der Waals surface area contributed by atoms with E-state index in [1.807, 2.05) is 29.5 Å². The summed E-state index contributed by atoms with van der Waals surface area (Å²) in [6, 6.07) is 3.85. The van der Waals surface area contributed by atoms with E-state index in [9.17, 15) is 0 Å². The van der Waals surface area contributed by atoms with Crippen molar-refractivity contribution in [1.82, 2.24) is 4.98 Å². The van der Waals surface area contributed by atoms with Gasteiger partial charge in [0.05, 0.1) is 12.8 Å². The molecule has 3 nitrogen and oxygen atoms in total. The van der Waals surface area contributed by atoms with Crippen molar-refractivity contribution in [2.24, 2.45) is 0 Å². The second-order valence-corrected chi connectivity index (χ2v) is 4.54. The maximum Gasteiger partial charge on any atom is 0.186 e. The van der Waals surface area contributed by atoms with Gasteiger partial charge >= 0.3 is 0 Å². The molecule has 0 atom stereocenters. The van der Waals surface area contributed by atoms with Gasteiger partial charge < -0.3 is 9.32 Å². The van der Waals surface area contributed by atoms with Crippen LogP contribution >= 0.6 is 27.3 Å². The summed E-state index contributed by atoms with van der Waals surface area (Å²) in [6.07, 6.45) is 1.68. The molecule has 0 unspecified atom stereocenters. The fourth-order valence-electron chi connectivity index (χ4n) is 1.12. The molecule has 0 radical (unpaired) electrons. The van der Waals surface area contributed by atoms with Crippen LogP contribution in [0.2, 0.25) is 0 Å². The average molecular weight is 273 g/mol. The Morgan fingerprint density at radius 3 is 3.07 bits per heavy atom. The highest BCUT2D eigenvalue weighted by molar-refractivity contribution is 9.10. The van der Waals surface area contributed by atoms with Gasteiger partial charge in [-0.25, -0.2) is 4.98 Å². The van der Waals surface area contributed by atoms with E-state index < -0.39 is 0 Å². The molecule has 0 amide bonds. The number of aromatic nitrogens is 1. The normalized spacial score (nSPS) is 10.4. The Labute approximate surface area is 94.5 Å². The molecule has 0 bridgehead atoms. The first-order chi connectivity index (χ1) is 6.75. The van der Waals surface area contributed by atoms with Crippen molar-refractivity contribution in [3.63, 3.8) is 0 Å². The standard InChI is InChI=1S/C9H9BrN2OS/c1-12(5-7-3-2-4-13-7)9-11-8(10)6-14-9/h2-4,6H,5H2,1H3. The van der Waals surface area contributed by atoms with Crippen molar-refractivity contribution in [2.45, 2.75) is 6.54 Å². The second-order valence-electron chi connectivity index (χ2n) is 2.89. The maximum atomic E-state index is 5.26. The molecule has 0 N–H and O–H groups in total. The Bertz CT molecular complexity index is 399. The summed E-state index contributed by atoms with van der Waals surface area (Å²) in [7, 11) is 1.99. The molecule has 2 heterocycles. The van der Waals surface area contributed by atoms with Gasteiger partial charge in [0.25, 0.3) is 0 Å². The molecule has 0 fully saturated rings. The number of halogens is 1. The fraction of sp³-hybridized carbons (Fsp3) is 0.222. The number of thiazole rings is 1. The summed E-state index contributed by atoms with van der Waals surface area (Å²) in [4.78, 5) is 6.36. The number of hydrogen-bond donors (Lipinski definition) is 0. The molecule has 0 aromatic carbocycles. The lowest BCUT2D eigenvalue weighted by Crippen LogP contribution is -2.15. The summed E-state index contributed by atoms with van der Waals surface area (Å²) < 4.78 is 6.13. The van der Waals surface area contributed by atoms with Gasteiger partial charge in [-0.3, -0.25) is 0 Å². The zero-order valence-electron chi connectivity index (χ0n) is 7.61. The zero-order valence-corrected chi connectivity index (χ0v) is 10.0. The van der Waals surface area contributed by atoms with Crippen LogP contribution in [0.15, 0.2) is 32.8 Å². The second kappa shape index (κ2) is 4.14. The molecule has 2 rings (SSSR count). The Morgan fingerprint density at radius 1 is 1.64 bits per heavy atom. The molecule has 0 saturated heterocycles. The molecule has 5 heteroatoms. The molecule has 74 valence electrons. The van der Waals surface area contributed by atoms with Gasteiger partial charge in [0, 0.05) is 12.4 Å². The van der Waals surface area contributed by atoms with Crippen LogP contribution in [-0.4, -0.2) is 12.0 Å². The summed E-state index contributed by atoms with van der Waals surface area (Å²) in [5.41, 5.74) is 0. The molecular weight excluding hydrogens is 264 g/mol. The Balaban J connectivity index is 2.06. The van der Waals surface area contributed by atoms with Crippen molar-refractivity contribution >= 4 is 32.4 Å². The van der Waals surface area contributed by atoms with Crippen molar-refractivity contribution in [3.05, 3.63) is 34.1 Å². The van der Waals surface area contributed by atoms with Crippen LogP contribution in [0.4, 0.5) is 5.13 Å². The van der Waals surface area contributed by atoms with Crippen LogP contribution in [0.1, 0.15) is 5.76 Å². The van der Waals surface area contributed by atoms with E-state index in [1.54, 1.807) is 17.6 Å². The first-order valence-corrected chi connectivity index (χ1v) is 5.77. The highest BCUT2D eigenvalue weighted by Gasteiger charge is 2.07. The number of anilines is 1. The van der Waals surface area contributed by atoms with Gasteiger partial charge in [-0.05, 0) is 28.1 Å². The number of rotatable bonds is 3. The predicted molar refractivity (Wildman–Crippen MR) is 60.6 cm³/mol. The van der Waals surface area contributed by atoms with Crippen molar-refractivity contribution in [1.29, 1.82) is 0 Å². The molecule has 2 aromatic rings. The molecule has 0 aliphatic heterocycles. The van der Waals surface area contributed by atoms with Crippen molar-refractivity contribution in [3.8, 4) is 0 Å². The van der Waals surface area contributed by atoms with Crippen LogP contribution in [0.3, 0.4) is 0 Å². The van der Waals surface area contributed by atoms with Crippen LogP contribution in [0.5, 0.6) is 0 Å². The van der Waals surface area contributed by atoms with Crippen molar-refractivity contribution < 1.29 is 4.42 Å². The molecule has 0 spiro atoms. The first kappa shape index (κ1) is 9.73. The highest BCUT2D eigenvalue weighted by atomic mass is 79.9. The zero-order chi connectivity index (χ0) is 9.97. The van der Waals surface area contributed by atoms with Gasteiger partial charge in [-0.2, -0.15) is 0 Å². The lowest BCUT2D eigenvalue weighted by molar-refractivity contribution is 0.507. The molecular formula is C9H9BrN2OS. The summed E-state index contributed by atoms with van der Waals surface area (Å²) in [6.45, 7) is 0.743. The molecule has 0 saturated carbocycles. The Kier molecular flexibility index (Phi) is 2.88. The Hall–Kier alpha value is -0.810. The third kappa shape index (κ3) is 2.16. The Morgan fingerprint density at radius 2 is 2.50 bits per heavy atom. The molecule has 14 heavy (non-hydrogen) atoms. The van der Waals surface area contributed by atoms with Gasteiger partial charge in [-0.1, -0.05) is 0 Å². The maximum absolute atomic E-state index is 5.26. The van der Waals surface area contributed by atoms with E-state index in [4.69, 9.17) is 4.42 Å². The molecule has 0 aliphatic carbocycles. The number of furan rings is 1. The van der Waals surface area contributed by atoms with Crippen molar-refractivity contribution in [2.75, 3.05) is 11.9 Å². The molecule has 0 aliphatic rings. The smallest absolute Gasteiger partial charge is 0.186 e. The van der Waals surface area contributed by atoms with Crippen LogP contribution in [-0.2, 0) is 6.54 Å². The lowest BCUT2D eigenvalue weighted by atomic mass is 10.4. The minimum atomic E-state index is 0.743. The van der Waals surface area contributed by atoms with E-state index in [2.05, 4.69) is 20.9 Å². The van der Waals surface area contributed by atoms with Gasteiger partial charge in [0.2, 0.25) is 0 Å². The third-order valence-corrected chi connectivity index (χ3v) is 3.43. The van der Waals surface area contributed by atoms with Gasteiger partial charge in [0.15, 0.2) is 5.13 Å². The summed E-state index contributed by atoms with van der Waals surface area (Å²) >= 11 is 4.93. The molecule has 2 aromatic heterocycles. The SMILES string of the molecule is CN(Cc1ccco1)c1nc(Br)cs1. The third-order valence-electron chi connectivity index (χ3n) is 1.76. The topological polar surface area (TPSA) is 29.3 Å². The first-order valence-electron chi connectivity index (χ1n) is 4.10. The minimum Gasteiger partial charge on any atom is -0.467 e. The minimum absolute atomic E-state index is 0.743. The van der Waals surface area contributed by atoms with Crippen LogP contribution in [0, 0.1) is 0 Å². The highest BCUT2D eigenvalue weighted by Crippen LogP contribution is 2.23. The van der Waals surface area contributed by atoms with E-state index in [0.717, 1.165) is 22.0 Å². The van der Waals surface area contributed by atoms with E-state index in [-0.39, 0.29) is 0 Å². The largest absolute Gasteiger partial charge is 0.467 e. The van der Waals surface area contributed by atoms with Crippen LogP contribution in [0.25, 0.3) is 0 Å². The summed E-state index contributed by atoms with van der Waals surface area (Å²) in [5.74, 6) is 0.943. The van der Waals surface area contributed by atoms with E-state index >= 15 is 0 Å². The summed E-state index contributed by atoms with van der Waals surface area (Å²) in [5, 5.41) is 2.95. The quantitative estimate of drug-likeness (QED) is 0.860. The monoisotopic (exact) mass is 272 g/mol.